The fraction of sp³-hybridized carbons (Fsp3) is 0.889. The SMILES string of the molecule is CN(C1CC1)C1CCCC1=O. The Labute approximate surface area is 67.6 Å². The third-order valence-electron chi connectivity index (χ3n) is 2.89. The Morgan fingerprint density at radius 3 is 2.55 bits per heavy atom. The topological polar surface area (TPSA) is 20.3 Å². The smallest absolute Gasteiger partial charge is 0.149 e. The standard InChI is InChI=1S/C9H15NO/c1-10(7-5-6-7)8-3-2-4-9(8)11/h7-8H,2-6H2,1H3. The molecule has 2 aliphatic rings. The summed E-state index contributed by atoms with van der Waals surface area (Å²) in [5.41, 5.74) is 0. The van der Waals surface area contributed by atoms with Crippen LogP contribution in [-0.4, -0.2) is 29.8 Å². The van der Waals surface area contributed by atoms with Gasteiger partial charge >= 0.3 is 0 Å². The molecular formula is C9H15NO. The maximum atomic E-state index is 11.3. The van der Waals surface area contributed by atoms with E-state index in [2.05, 4.69) is 11.9 Å². The predicted molar refractivity (Wildman–Crippen MR) is 43.4 cm³/mol. The molecule has 11 heavy (non-hydrogen) atoms. The maximum absolute atomic E-state index is 11.3. The van der Waals surface area contributed by atoms with Crippen molar-refractivity contribution in [1.82, 2.24) is 4.90 Å². The molecule has 0 bridgehead atoms. The van der Waals surface area contributed by atoms with Crippen molar-refractivity contribution in [1.29, 1.82) is 0 Å². The van der Waals surface area contributed by atoms with Crippen molar-refractivity contribution in [3.8, 4) is 0 Å². The van der Waals surface area contributed by atoms with Crippen LogP contribution in [0.2, 0.25) is 0 Å². The lowest BCUT2D eigenvalue weighted by Gasteiger charge is -2.21. The van der Waals surface area contributed by atoms with Gasteiger partial charge in [-0.25, -0.2) is 0 Å². The number of Topliss-reactive ketones (excluding diaryl/α,β-unsaturated/α-hetero) is 1. The third-order valence-corrected chi connectivity index (χ3v) is 2.89. The normalized spacial score (nSPS) is 31.8. The molecule has 2 aliphatic carbocycles. The molecule has 2 rings (SSSR count). The van der Waals surface area contributed by atoms with E-state index in [0.29, 0.717) is 5.78 Å². The van der Waals surface area contributed by atoms with Gasteiger partial charge in [-0.3, -0.25) is 9.69 Å². The van der Waals surface area contributed by atoms with Crippen LogP contribution in [-0.2, 0) is 4.79 Å². The highest BCUT2D eigenvalue weighted by Crippen LogP contribution is 2.31. The van der Waals surface area contributed by atoms with E-state index in [-0.39, 0.29) is 6.04 Å². The maximum Gasteiger partial charge on any atom is 0.149 e. The average Bonchev–Trinajstić information content (AvgIpc) is 2.74. The third kappa shape index (κ3) is 1.32. The van der Waals surface area contributed by atoms with Crippen LogP contribution >= 0.6 is 0 Å². The van der Waals surface area contributed by atoms with Gasteiger partial charge in [0.2, 0.25) is 0 Å². The first-order valence-electron chi connectivity index (χ1n) is 4.53. The first-order chi connectivity index (χ1) is 5.29. The summed E-state index contributed by atoms with van der Waals surface area (Å²) in [6.45, 7) is 0. The van der Waals surface area contributed by atoms with Crippen molar-refractivity contribution in [2.75, 3.05) is 7.05 Å². The molecule has 1 atom stereocenters. The van der Waals surface area contributed by atoms with Gasteiger partial charge in [-0.15, -0.1) is 0 Å². The van der Waals surface area contributed by atoms with Crippen LogP contribution in [0, 0.1) is 0 Å². The molecule has 62 valence electrons. The van der Waals surface area contributed by atoms with E-state index in [9.17, 15) is 4.79 Å². The molecule has 2 fully saturated rings. The number of ketones is 1. The zero-order valence-electron chi connectivity index (χ0n) is 7.05. The number of rotatable bonds is 2. The molecule has 0 radical (unpaired) electrons. The Balaban J connectivity index is 1.96. The second-order valence-electron chi connectivity index (χ2n) is 3.77. The van der Waals surface area contributed by atoms with Gasteiger partial charge in [-0.05, 0) is 32.7 Å². The van der Waals surface area contributed by atoms with Crippen LogP contribution in [0.25, 0.3) is 0 Å². The quantitative estimate of drug-likeness (QED) is 0.594. The Morgan fingerprint density at radius 2 is 2.09 bits per heavy atom. The van der Waals surface area contributed by atoms with E-state index in [0.717, 1.165) is 25.3 Å². The minimum atomic E-state index is 0.280. The molecule has 0 heterocycles. The molecule has 0 aromatic carbocycles. The summed E-state index contributed by atoms with van der Waals surface area (Å²) >= 11 is 0. The van der Waals surface area contributed by atoms with Gasteiger partial charge in [0.05, 0.1) is 6.04 Å². The molecule has 2 nitrogen and oxygen atoms in total. The molecule has 2 saturated carbocycles. The van der Waals surface area contributed by atoms with Crippen LogP contribution < -0.4 is 0 Å². The molecule has 0 saturated heterocycles. The summed E-state index contributed by atoms with van der Waals surface area (Å²) in [7, 11) is 2.10. The van der Waals surface area contributed by atoms with E-state index in [1.54, 1.807) is 0 Å². The fourth-order valence-corrected chi connectivity index (χ4v) is 1.96. The molecule has 0 aliphatic heterocycles. The van der Waals surface area contributed by atoms with Crippen LogP contribution in [0.5, 0.6) is 0 Å². The van der Waals surface area contributed by atoms with E-state index in [1.165, 1.54) is 12.8 Å². The second-order valence-corrected chi connectivity index (χ2v) is 3.77. The molecule has 2 heteroatoms. The lowest BCUT2D eigenvalue weighted by atomic mass is 10.2. The van der Waals surface area contributed by atoms with Gasteiger partial charge < -0.3 is 0 Å². The molecule has 0 aromatic rings. The number of hydrogen-bond acceptors (Lipinski definition) is 2. The van der Waals surface area contributed by atoms with Gasteiger partial charge in [0.15, 0.2) is 0 Å². The molecule has 0 amide bonds. The van der Waals surface area contributed by atoms with Crippen molar-refractivity contribution in [2.45, 2.75) is 44.2 Å². The molecule has 0 aromatic heterocycles. The van der Waals surface area contributed by atoms with Crippen molar-refractivity contribution < 1.29 is 4.79 Å². The van der Waals surface area contributed by atoms with Crippen LogP contribution in [0.4, 0.5) is 0 Å². The number of nitrogens with zero attached hydrogens (tertiary/aromatic N) is 1. The Bertz CT molecular complexity index is 174. The van der Waals surface area contributed by atoms with Gasteiger partial charge in [0.25, 0.3) is 0 Å². The monoisotopic (exact) mass is 153 g/mol. The largest absolute Gasteiger partial charge is 0.298 e. The van der Waals surface area contributed by atoms with Crippen molar-refractivity contribution >= 4 is 5.78 Å². The Hall–Kier alpha value is -0.370. The highest BCUT2D eigenvalue weighted by atomic mass is 16.1. The Kier molecular flexibility index (Phi) is 1.72. The number of likely N-dealkylation sites (N-methyl/N-ethyl adjacent to an activating group) is 1. The highest BCUT2D eigenvalue weighted by Gasteiger charge is 2.36. The van der Waals surface area contributed by atoms with Gasteiger partial charge in [0, 0.05) is 12.5 Å². The molecule has 0 N–H and O–H groups in total. The lowest BCUT2D eigenvalue weighted by Crippen LogP contribution is -2.36. The van der Waals surface area contributed by atoms with Gasteiger partial charge in [-0.2, -0.15) is 0 Å². The summed E-state index contributed by atoms with van der Waals surface area (Å²) in [6, 6.07) is 1.02. The minimum Gasteiger partial charge on any atom is -0.298 e. The summed E-state index contributed by atoms with van der Waals surface area (Å²) in [5, 5.41) is 0. The predicted octanol–water partition coefficient (Wildman–Crippen LogP) is 1.20. The molecular weight excluding hydrogens is 138 g/mol. The van der Waals surface area contributed by atoms with Crippen molar-refractivity contribution in [2.24, 2.45) is 0 Å². The van der Waals surface area contributed by atoms with Gasteiger partial charge in [0.1, 0.15) is 5.78 Å². The molecule has 1 unspecified atom stereocenters. The fourth-order valence-electron chi connectivity index (χ4n) is 1.96. The summed E-state index contributed by atoms with van der Waals surface area (Å²) in [5.74, 6) is 0.472. The summed E-state index contributed by atoms with van der Waals surface area (Å²) in [4.78, 5) is 13.6. The summed E-state index contributed by atoms with van der Waals surface area (Å²) < 4.78 is 0. The number of carbonyl (C=O) groups excluding carboxylic acids is 1. The zero-order valence-corrected chi connectivity index (χ0v) is 7.05. The van der Waals surface area contributed by atoms with Crippen LogP contribution in [0.15, 0.2) is 0 Å². The minimum absolute atomic E-state index is 0.280. The molecule has 0 spiro atoms. The van der Waals surface area contributed by atoms with Crippen LogP contribution in [0.3, 0.4) is 0 Å². The van der Waals surface area contributed by atoms with E-state index in [4.69, 9.17) is 0 Å². The van der Waals surface area contributed by atoms with Crippen molar-refractivity contribution in [3.63, 3.8) is 0 Å². The highest BCUT2D eigenvalue weighted by molar-refractivity contribution is 5.85. The first kappa shape index (κ1) is 7.29. The summed E-state index contributed by atoms with van der Waals surface area (Å²) in [6.07, 6.45) is 5.65. The van der Waals surface area contributed by atoms with E-state index < -0.39 is 0 Å². The van der Waals surface area contributed by atoms with Gasteiger partial charge in [-0.1, -0.05) is 0 Å². The number of hydrogen-bond donors (Lipinski definition) is 0. The van der Waals surface area contributed by atoms with E-state index in [1.807, 2.05) is 0 Å². The first-order valence-corrected chi connectivity index (χ1v) is 4.53. The van der Waals surface area contributed by atoms with Crippen LogP contribution in [0.1, 0.15) is 32.1 Å². The Morgan fingerprint density at radius 1 is 1.36 bits per heavy atom. The zero-order chi connectivity index (χ0) is 7.84. The van der Waals surface area contributed by atoms with E-state index >= 15 is 0 Å². The average molecular weight is 153 g/mol. The second kappa shape index (κ2) is 2.59. The lowest BCUT2D eigenvalue weighted by molar-refractivity contribution is -0.121. The number of carbonyl (C=O) groups is 1. The van der Waals surface area contributed by atoms with Crippen molar-refractivity contribution in [3.05, 3.63) is 0 Å².